The molecular formula is C7H6BrClN2S. The Kier molecular flexibility index (Phi) is 3.31. The largest absolute Gasteiger partial charge is 0.376 e. The smallest absolute Gasteiger partial charge is 0.168 e. The summed E-state index contributed by atoms with van der Waals surface area (Å²) in [4.78, 5) is 0. The van der Waals surface area contributed by atoms with Gasteiger partial charge in [0.15, 0.2) is 5.11 Å². The molecule has 0 heterocycles. The number of thiocarbonyl (C=S) groups is 1. The highest BCUT2D eigenvalue weighted by Gasteiger charge is 2.03. The van der Waals surface area contributed by atoms with Crippen LogP contribution in [0.25, 0.3) is 0 Å². The summed E-state index contributed by atoms with van der Waals surface area (Å²) >= 11 is 13.9. The number of benzene rings is 1. The molecule has 5 heteroatoms. The van der Waals surface area contributed by atoms with Crippen molar-refractivity contribution >= 4 is 50.5 Å². The van der Waals surface area contributed by atoms with E-state index in [1.807, 2.05) is 12.1 Å². The monoisotopic (exact) mass is 264 g/mol. The molecule has 1 aromatic rings. The van der Waals surface area contributed by atoms with E-state index < -0.39 is 0 Å². The molecule has 64 valence electrons. The summed E-state index contributed by atoms with van der Waals surface area (Å²) in [6, 6.07) is 5.44. The van der Waals surface area contributed by atoms with Crippen LogP contribution in [0, 0.1) is 0 Å². The predicted octanol–water partition coefficient (Wildman–Crippen LogP) is 2.76. The lowest BCUT2D eigenvalue weighted by Crippen LogP contribution is -2.19. The average Bonchev–Trinajstić information content (AvgIpc) is 1.97. The molecule has 0 saturated heterocycles. The normalized spacial score (nSPS) is 9.50. The number of hydrogen-bond donors (Lipinski definition) is 2. The molecule has 0 spiro atoms. The molecule has 2 nitrogen and oxygen atoms in total. The van der Waals surface area contributed by atoms with Crippen molar-refractivity contribution < 1.29 is 0 Å². The molecule has 0 aliphatic heterocycles. The fraction of sp³-hybridized carbons (Fsp3) is 0. The zero-order valence-corrected chi connectivity index (χ0v) is 9.13. The van der Waals surface area contributed by atoms with Crippen LogP contribution in [0.2, 0.25) is 5.02 Å². The summed E-state index contributed by atoms with van der Waals surface area (Å²) < 4.78 is 0.836. The first kappa shape index (κ1) is 9.77. The topological polar surface area (TPSA) is 38.0 Å². The lowest BCUT2D eigenvalue weighted by Gasteiger charge is -2.07. The molecule has 0 aliphatic rings. The standard InChI is InChI=1S/C7H6BrClN2S/c8-4-2-1-3-5(9)6(4)11-7(10)12/h1-3H,(H3,10,11,12). The minimum absolute atomic E-state index is 0.198. The van der Waals surface area contributed by atoms with Gasteiger partial charge in [-0.25, -0.2) is 0 Å². The maximum Gasteiger partial charge on any atom is 0.168 e. The first-order valence-electron chi connectivity index (χ1n) is 3.11. The number of anilines is 1. The Balaban J connectivity index is 3.04. The third-order valence-corrected chi connectivity index (χ3v) is 2.29. The van der Waals surface area contributed by atoms with Crippen molar-refractivity contribution in [1.82, 2.24) is 0 Å². The summed E-state index contributed by atoms with van der Waals surface area (Å²) in [5, 5.41) is 3.55. The minimum Gasteiger partial charge on any atom is -0.376 e. The van der Waals surface area contributed by atoms with Gasteiger partial charge in [-0.1, -0.05) is 17.7 Å². The zero-order chi connectivity index (χ0) is 9.14. The van der Waals surface area contributed by atoms with Gasteiger partial charge >= 0.3 is 0 Å². The fourth-order valence-corrected chi connectivity index (χ4v) is 1.64. The van der Waals surface area contributed by atoms with Gasteiger partial charge in [0.1, 0.15) is 0 Å². The molecule has 12 heavy (non-hydrogen) atoms. The van der Waals surface area contributed by atoms with Gasteiger partial charge in [-0.05, 0) is 40.3 Å². The Labute approximate surface area is 89.2 Å². The third kappa shape index (κ3) is 2.33. The van der Waals surface area contributed by atoms with E-state index in [2.05, 4.69) is 33.5 Å². The van der Waals surface area contributed by atoms with Crippen molar-refractivity contribution in [3.63, 3.8) is 0 Å². The van der Waals surface area contributed by atoms with E-state index >= 15 is 0 Å². The maximum absolute atomic E-state index is 5.87. The second kappa shape index (κ2) is 4.07. The fourth-order valence-electron chi connectivity index (χ4n) is 0.740. The lowest BCUT2D eigenvalue weighted by atomic mass is 10.3. The molecule has 0 radical (unpaired) electrons. The first-order valence-corrected chi connectivity index (χ1v) is 4.69. The Morgan fingerprint density at radius 3 is 2.75 bits per heavy atom. The summed E-state index contributed by atoms with van der Waals surface area (Å²) in [6.07, 6.45) is 0. The van der Waals surface area contributed by atoms with Gasteiger partial charge in [-0.3, -0.25) is 0 Å². The van der Waals surface area contributed by atoms with Crippen molar-refractivity contribution in [2.45, 2.75) is 0 Å². The second-order valence-corrected chi connectivity index (χ2v) is 3.79. The molecule has 0 unspecified atom stereocenters. The van der Waals surface area contributed by atoms with E-state index in [9.17, 15) is 0 Å². The summed E-state index contributed by atoms with van der Waals surface area (Å²) in [5.41, 5.74) is 6.00. The summed E-state index contributed by atoms with van der Waals surface area (Å²) in [6.45, 7) is 0. The van der Waals surface area contributed by atoms with Gasteiger partial charge in [0.25, 0.3) is 0 Å². The highest BCUT2D eigenvalue weighted by atomic mass is 79.9. The molecule has 0 atom stereocenters. The van der Waals surface area contributed by atoms with Crippen LogP contribution in [0.5, 0.6) is 0 Å². The Morgan fingerprint density at radius 1 is 1.58 bits per heavy atom. The lowest BCUT2D eigenvalue weighted by molar-refractivity contribution is 1.57. The second-order valence-electron chi connectivity index (χ2n) is 2.09. The van der Waals surface area contributed by atoms with Crippen molar-refractivity contribution in [2.24, 2.45) is 5.73 Å². The molecule has 0 aromatic heterocycles. The highest BCUT2D eigenvalue weighted by molar-refractivity contribution is 9.10. The van der Waals surface area contributed by atoms with E-state index in [1.165, 1.54) is 0 Å². The molecule has 0 fully saturated rings. The number of nitrogens with two attached hydrogens (primary N) is 1. The van der Waals surface area contributed by atoms with Crippen molar-refractivity contribution in [3.05, 3.63) is 27.7 Å². The van der Waals surface area contributed by atoms with Crippen LogP contribution in [-0.4, -0.2) is 5.11 Å². The number of para-hydroxylation sites is 1. The SMILES string of the molecule is NC(=S)Nc1c(Cl)cccc1Br. The van der Waals surface area contributed by atoms with Crippen LogP contribution in [0.4, 0.5) is 5.69 Å². The van der Waals surface area contributed by atoms with Crippen LogP contribution >= 0.6 is 39.7 Å². The van der Waals surface area contributed by atoms with E-state index in [4.69, 9.17) is 17.3 Å². The van der Waals surface area contributed by atoms with Crippen LogP contribution in [-0.2, 0) is 0 Å². The molecule has 1 rings (SSSR count). The summed E-state index contributed by atoms with van der Waals surface area (Å²) in [5.74, 6) is 0. The number of rotatable bonds is 1. The molecule has 0 bridgehead atoms. The zero-order valence-electron chi connectivity index (χ0n) is 5.97. The average molecular weight is 266 g/mol. The molecule has 1 aromatic carbocycles. The van der Waals surface area contributed by atoms with Gasteiger partial charge in [0.05, 0.1) is 10.7 Å². The van der Waals surface area contributed by atoms with Crippen LogP contribution in [0.1, 0.15) is 0 Å². The van der Waals surface area contributed by atoms with Gasteiger partial charge in [0.2, 0.25) is 0 Å². The van der Waals surface area contributed by atoms with Gasteiger partial charge in [-0.15, -0.1) is 0 Å². The summed E-state index contributed by atoms with van der Waals surface area (Å²) in [7, 11) is 0. The van der Waals surface area contributed by atoms with E-state index in [0.717, 1.165) is 4.47 Å². The van der Waals surface area contributed by atoms with Gasteiger partial charge in [0, 0.05) is 4.47 Å². The molecule has 0 aliphatic carbocycles. The number of halogens is 2. The van der Waals surface area contributed by atoms with Crippen molar-refractivity contribution in [3.8, 4) is 0 Å². The van der Waals surface area contributed by atoms with Gasteiger partial charge in [-0.2, -0.15) is 0 Å². The number of nitrogens with one attached hydrogen (secondary N) is 1. The Morgan fingerprint density at radius 2 is 2.25 bits per heavy atom. The minimum atomic E-state index is 0.198. The first-order chi connectivity index (χ1) is 5.61. The van der Waals surface area contributed by atoms with Crippen LogP contribution in [0.15, 0.2) is 22.7 Å². The van der Waals surface area contributed by atoms with E-state index in [1.54, 1.807) is 6.07 Å². The van der Waals surface area contributed by atoms with Crippen LogP contribution < -0.4 is 11.1 Å². The van der Waals surface area contributed by atoms with E-state index in [-0.39, 0.29) is 5.11 Å². The van der Waals surface area contributed by atoms with Crippen molar-refractivity contribution in [2.75, 3.05) is 5.32 Å². The molecule has 3 N–H and O–H groups in total. The van der Waals surface area contributed by atoms with Crippen molar-refractivity contribution in [1.29, 1.82) is 0 Å². The predicted molar refractivity (Wildman–Crippen MR) is 59.6 cm³/mol. The number of hydrogen-bond acceptors (Lipinski definition) is 1. The Bertz CT molecular complexity index is 296. The quantitative estimate of drug-likeness (QED) is 0.767. The molecule has 0 amide bonds. The highest BCUT2D eigenvalue weighted by Crippen LogP contribution is 2.29. The van der Waals surface area contributed by atoms with E-state index in [0.29, 0.717) is 10.7 Å². The third-order valence-electron chi connectivity index (χ3n) is 1.21. The maximum atomic E-state index is 5.87. The molecular weight excluding hydrogens is 260 g/mol. The van der Waals surface area contributed by atoms with Gasteiger partial charge < -0.3 is 11.1 Å². The van der Waals surface area contributed by atoms with Crippen LogP contribution in [0.3, 0.4) is 0 Å². The molecule has 0 saturated carbocycles. The Hall–Kier alpha value is -0.320.